The fourth-order valence-corrected chi connectivity index (χ4v) is 1.20. The molecule has 0 aliphatic carbocycles. The molecule has 1 aromatic heterocycles. The number of ketones is 1. The van der Waals surface area contributed by atoms with Crippen LogP contribution in [0.15, 0.2) is 21.2 Å². The number of methoxy groups -OCH3 is 1. The van der Waals surface area contributed by atoms with Crippen LogP contribution in [0.3, 0.4) is 0 Å². The van der Waals surface area contributed by atoms with Crippen molar-refractivity contribution in [3.8, 4) is 0 Å². The van der Waals surface area contributed by atoms with E-state index in [9.17, 15) is 4.79 Å². The Morgan fingerprint density at radius 2 is 2.23 bits per heavy atom. The molecule has 0 bridgehead atoms. The summed E-state index contributed by atoms with van der Waals surface area (Å²) in [5.41, 5.74) is -0.847. The van der Waals surface area contributed by atoms with Gasteiger partial charge in [0.05, 0.1) is 10.7 Å². The standard InChI is InChI=1S/C9H11BrO3/c1-9(2,12-3)8(11)7-6(10)4-5-13-7/h4-5H,1-3H3. The van der Waals surface area contributed by atoms with Gasteiger partial charge in [-0.15, -0.1) is 0 Å². The summed E-state index contributed by atoms with van der Waals surface area (Å²) >= 11 is 3.22. The highest BCUT2D eigenvalue weighted by Crippen LogP contribution is 2.24. The van der Waals surface area contributed by atoms with Crippen molar-refractivity contribution in [3.05, 3.63) is 22.6 Å². The van der Waals surface area contributed by atoms with Crippen LogP contribution in [0.5, 0.6) is 0 Å². The van der Waals surface area contributed by atoms with E-state index >= 15 is 0 Å². The van der Waals surface area contributed by atoms with Gasteiger partial charge in [0, 0.05) is 7.11 Å². The highest BCUT2D eigenvalue weighted by molar-refractivity contribution is 9.10. The van der Waals surface area contributed by atoms with Crippen molar-refractivity contribution >= 4 is 21.7 Å². The molecule has 1 rings (SSSR count). The molecule has 1 heterocycles. The average Bonchev–Trinajstić information content (AvgIpc) is 2.50. The molecular weight excluding hydrogens is 236 g/mol. The molecule has 0 aliphatic rings. The molecular formula is C9H11BrO3. The second-order valence-electron chi connectivity index (χ2n) is 3.14. The van der Waals surface area contributed by atoms with E-state index in [2.05, 4.69) is 15.9 Å². The molecule has 0 aromatic carbocycles. The zero-order valence-electron chi connectivity index (χ0n) is 7.76. The number of rotatable bonds is 3. The van der Waals surface area contributed by atoms with Crippen molar-refractivity contribution in [1.29, 1.82) is 0 Å². The van der Waals surface area contributed by atoms with E-state index in [1.54, 1.807) is 19.9 Å². The van der Waals surface area contributed by atoms with Gasteiger partial charge in [0.15, 0.2) is 5.76 Å². The van der Waals surface area contributed by atoms with Crippen LogP contribution in [0, 0.1) is 0 Å². The van der Waals surface area contributed by atoms with Crippen LogP contribution in [0.25, 0.3) is 0 Å². The Kier molecular flexibility index (Phi) is 2.93. The normalized spacial score (nSPS) is 11.7. The number of halogens is 1. The maximum atomic E-state index is 11.7. The Labute approximate surface area is 85.2 Å². The molecule has 0 N–H and O–H groups in total. The summed E-state index contributed by atoms with van der Waals surface area (Å²) < 4.78 is 10.7. The van der Waals surface area contributed by atoms with Crippen LogP contribution in [0.4, 0.5) is 0 Å². The van der Waals surface area contributed by atoms with Crippen molar-refractivity contribution in [2.75, 3.05) is 7.11 Å². The van der Waals surface area contributed by atoms with E-state index in [0.29, 0.717) is 10.2 Å². The van der Waals surface area contributed by atoms with Gasteiger partial charge in [-0.2, -0.15) is 0 Å². The maximum Gasteiger partial charge on any atom is 0.230 e. The minimum absolute atomic E-state index is 0.174. The van der Waals surface area contributed by atoms with Crippen molar-refractivity contribution in [2.24, 2.45) is 0 Å². The Morgan fingerprint density at radius 3 is 2.62 bits per heavy atom. The lowest BCUT2D eigenvalue weighted by Crippen LogP contribution is -2.33. The van der Waals surface area contributed by atoms with E-state index < -0.39 is 5.60 Å². The average molecular weight is 247 g/mol. The van der Waals surface area contributed by atoms with E-state index in [4.69, 9.17) is 9.15 Å². The minimum Gasteiger partial charge on any atom is -0.460 e. The first-order chi connectivity index (χ1) is 5.99. The second kappa shape index (κ2) is 3.64. The van der Waals surface area contributed by atoms with E-state index in [1.807, 2.05) is 0 Å². The first kappa shape index (κ1) is 10.5. The number of furan rings is 1. The van der Waals surface area contributed by atoms with Gasteiger partial charge in [-0.1, -0.05) is 0 Å². The molecule has 1 aromatic rings. The zero-order valence-corrected chi connectivity index (χ0v) is 9.34. The highest BCUT2D eigenvalue weighted by atomic mass is 79.9. The van der Waals surface area contributed by atoms with Crippen molar-refractivity contribution in [2.45, 2.75) is 19.4 Å². The van der Waals surface area contributed by atoms with Gasteiger partial charge in [-0.25, -0.2) is 0 Å². The third-order valence-corrected chi connectivity index (χ3v) is 2.50. The van der Waals surface area contributed by atoms with Crippen molar-refractivity contribution in [1.82, 2.24) is 0 Å². The lowest BCUT2D eigenvalue weighted by atomic mass is 10.0. The number of carbonyl (C=O) groups excluding carboxylic acids is 1. The molecule has 0 spiro atoms. The van der Waals surface area contributed by atoms with E-state index in [1.165, 1.54) is 13.4 Å². The second-order valence-corrected chi connectivity index (χ2v) is 4.00. The van der Waals surface area contributed by atoms with E-state index in [0.717, 1.165) is 0 Å². The third kappa shape index (κ3) is 2.00. The number of carbonyl (C=O) groups is 1. The molecule has 0 saturated carbocycles. The molecule has 0 saturated heterocycles. The van der Waals surface area contributed by atoms with Gasteiger partial charge in [0.25, 0.3) is 0 Å². The van der Waals surface area contributed by atoms with E-state index in [-0.39, 0.29) is 5.78 Å². The minimum atomic E-state index is -0.847. The number of hydrogen-bond donors (Lipinski definition) is 0. The van der Waals surface area contributed by atoms with Crippen molar-refractivity contribution in [3.63, 3.8) is 0 Å². The fourth-order valence-electron chi connectivity index (χ4n) is 0.822. The smallest absolute Gasteiger partial charge is 0.230 e. The third-order valence-electron chi connectivity index (χ3n) is 1.88. The summed E-state index contributed by atoms with van der Waals surface area (Å²) in [7, 11) is 1.49. The zero-order chi connectivity index (χ0) is 10.1. The predicted molar refractivity (Wildman–Crippen MR) is 51.8 cm³/mol. The highest BCUT2D eigenvalue weighted by Gasteiger charge is 2.31. The molecule has 13 heavy (non-hydrogen) atoms. The van der Waals surface area contributed by atoms with Gasteiger partial charge < -0.3 is 9.15 Å². The van der Waals surface area contributed by atoms with Crippen LogP contribution < -0.4 is 0 Å². The predicted octanol–water partition coefficient (Wildman–Crippen LogP) is 2.65. The van der Waals surface area contributed by atoms with Gasteiger partial charge in [0.2, 0.25) is 5.78 Å². The number of ether oxygens (including phenoxy) is 1. The Hall–Kier alpha value is -0.610. The summed E-state index contributed by atoms with van der Waals surface area (Å²) in [5.74, 6) is 0.124. The van der Waals surface area contributed by atoms with Crippen molar-refractivity contribution < 1.29 is 13.9 Å². The van der Waals surface area contributed by atoms with Gasteiger partial charge in [0.1, 0.15) is 5.60 Å². The van der Waals surface area contributed by atoms with Crippen LogP contribution in [-0.2, 0) is 4.74 Å². The summed E-state index contributed by atoms with van der Waals surface area (Å²) in [6, 6.07) is 1.68. The van der Waals surface area contributed by atoms with Gasteiger partial charge in [-0.3, -0.25) is 4.79 Å². The molecule has 0 atom stereocenters. The lowest BCUT2D eigenvalue weighted by Gasteiger charge is -2.19. The first-order valence-electron chi connectivity index (χ1n) is 3.82. The molecule has 4 heteroatoms. The molecule has 0 amide bonds. The Morgan fingerprint density at radius 1 is 1.62 bits per heavy atom. The largest absolute Gasteiger partial charge is 0.460 e. The Bertz CT molecular complexity index is 314. The topological polar surface area (TPSA) is 39.4 Å². The molecule has 3 nitrogen and oxygen atoms in total. The SMILES string of the molecule is COC(C)(C)C(=O)c1occc1Br. The maximum absolute atomic E-state index is 11.7. The Balaban J connectivity index is 2.98. The molecule has 72 valence electrons. The number of hydrogen-bond acceptors (Lipinski definition) is 3. The first-order valence-corrected chi connectivity index (χ1v) is 4.61. The van der Waals surface area contributed by atoms with Crippen LogP contribution in [0.1, 0.15) is 24.4 Å². The summed E-state index contributed by atoms with van der Waals surface area (Å²) in [6.07, 6.45) is 1.46. The number of Topliss-reactive ketones (excluding diaryl/α,β-unsaturated/α-hetero) is 1. The fraction of sp³-hybridized carbons (Fsp3) is 0.444. The quantitative estimate of drug-likeness (QED) is 0.771. The molecule has 0 unspecified atom stereocenters. The van der Waals surface area contributed by atoms with Crippen LogP contribution in [-0.4, -0.2) is 18.5 Å². The lowest BCUT2D eigenvalue weighted by molar-refractivity contribution is 0.0203. The summed E-state index contributed by atoms with van der Waals surface area (Å²) in [5, 5.41) is 0. The molecule has 0 fully saturated rings. The van der Waals surface area contributed by atoms with Crippen LogP contribution >= 0.6 is 15.9 Å². The summed E-state index contributed by atoms with van der Waals surface area (Å²) in [6.45, 7) is 3.40. The van der Waals surface area contributed by atoms with Gasteiger partial charge >= 0.3 is 0 Å². The molecule has 0 radical (unpaired) electrons. The van der Waals surface area contributed by atoms with Crippen LogP contribution in [0.2, 0.25) is 0 Å². The summed E-state index contributed by atoms with van der Waals surface area (Å²) in [4.78, 5) is 11.7. The monoisotopic (exact) mass is 246 g/mol. The van der Waals surface area contributed by atoms with Gasteiger partial charge in [-0.05, 0) is 35.8 Å². The molecule has 0 aliphatic heterocycles.